The number of nitrogens with two attached hydrogens (primary N) is 1. The molecule has 0 spiro atoms. The van der Waals surface area contributed by atoms with E-state index in [1.54, 1.807) is 12.1 Å². The first-order chi connectivity index (χ1) is 8.58. The smallest absolute Gasteiger partial charge is 0.269 e. The van der Waals surface area contributed by atoms with Crippen LogP contribution >= 0.6 is 0 Å². The Hall–Kier alpha value is -2.11. The molecule has 0 bridgehead atoms. The van der Waals surface area contributed by atoms with Crippen LogP contribution in [0.25, 0.3) is 0 Å². The van der Waals surface area contributed by atoms with Crippen molar-refractivity contribution in [1.82, 2.24) is 0 Å². The third-order valence-electron chi connectivity index (χ3n) is 3.25. The summed E-state index contributed by atoms with van der Waals surface area (Å²) in [5.41, 5.74) is 6.28. The van der Waals surface area contributed by atoms with Gasteiger partial charge in [0.15, 0.2) is 0 Å². The summed E-state index contributed by atoms with van der Waals surface area (Å²) < 4.78 is 0. The van der Waals surface area contributed by atoms with Crippen molar-refractivity contribution in [1.29, 1.82) is 0 Å². The van der Waals surface area contributed by atoms with E-state index in [1.165, 1.54) is 12.1 Å². The molecule has 2 N–H and O–H groups in total. The standard InChI is InChI=1S/C12H15N3O3/c13-12(16)9-2-1-7-14(8-9)10-3-5-11(6-4-10)15(17)18/h3-6,9H,1-2,7-8H2,(H2,13,16). The van der Waals surface area contributed by atoms with Crippen molar-refractivity contribution in [2.24, 2.45) is 11.7 Å². The minimum Gasteiger partial charge on any atom is -0.371 e. The van der Waals surface area contributed by atoms with Crippen LogP contribution < -0.4 is 10.6 Å². The summed E-state index contributed by atoms with van der Waals surface area (Å²) in [5.74, 6) is -0.407. The second kappa shape index (κ2) is 5.03. The highest BCUT2D eigenvalue weighted by Crippen LogP contribution is 2.24. The fourth-order valence-electron chi connectivity index (χ4n) is 2.23. The van der Waals surface area contributed by atoms with Crippen molar-refractivity contribution in [3.05, 3.63) is 34.4 Å². The van der Waals surface area contributed by atoms with Crippen molar-refractivity contribution in [2.75, 3.05) is 18.0 Å². The number of nitrogens with zero attached hydrogens (tertiary/aromatic N) is 2. The Morgan fingerprint density at radius 2 is 2.06 bits per heavy atom. The summed E-state index contributed by atoms with van der Waals surface area (Å²) >= 11 is 0. The second-order valence-electron chi connectivity index (χ2n) is 4.46. The first kappa shape index (κ1) is 12.3. The van der Waals surface area contributed by atoms with E-state index >= 15 is 0 Å². The Morgan fingerprint density at radius 1 is 1.39 bits per heavy atom. The zero-order valence-corrected chi connectivity index (χ0v) is 9.91. The Bertz CT molecular complexity index is 458. The minimum absolute atomic E-state index is 0.0715. The number of nitro benzene ring substituents is 1. The van der Waals surface area contributed by atoms with Crippen LogP contribution in [0.5, 0.6) is 0 Å². The molecule has 1 amide bonds. The Balaban J connectivity index is 2.11. The van der Waals surface area contributed by atoms with Crippen LogP contribution in [0.15, 0.2) is 24.3 Å². The molecule has 96 valence electrons. The molecule has 1 aromatic carbocycles. The largest absolute Gasteiger partial charge is 0.371 e. The zero-order chi connectivity index (χ0) is 13.1. The molecule has 1 aliphatic rings. The van der Waals surface area contributed by atoms with Crippen LogP contribution in [0.1, 0.15) is 12.8 Å². The summed E-state index contributed by atoms with van der Waals surface area (Å²) in [6, 6.07) is 6.37. The van der Waals surface area contributed by atoms with Gasteiger partial charge in [0.25, 0.3) is 5.69 Å². The van der Waals surface area contributed by atoms with Gasteiger partial charge in [0.2, 0.25) is 5.91 Å². The highest BCUT2D eigenvalue weighted by Gasteiger charge is 2.24. The van der Waals surface area contributed by atoms with Gasteiger partial charge in [-0.2, -0.15) is 0 Å². The SMILES string of the molecule is NC(=O)C1CCCN(c2ccc([N+](=O)[O-])cc2)C1. The van der Waals surface area contributed by atoms with Crippen LogP contribution in [0.3, 0.4) is 0 Å². The third kappa shape index (κ3) is 2.58. The van der Waals surface area contributed by atoms with Gasteiger partial charge in [-0.3, -0.25) is 14.9 Å². The van der Waals surface area contributed by atoms with Crippen molar-refractivity contribution in [3.8, 4) is 0 Å². The highest BCUT2D eigenvalue weighted by molar-refractivity contribution is 5.77. The van der Waals surface area contributed by atoms with Crippen LogP contribution in [-0.4, -0.2) is 23.9 Å². The Kier molecular flexibility index (Phi) is 3.45. The lowest BCUT2D eigenvalue weighted by Gasteiger charge is -2.32. The van der Waals surface area contributed by atoms with E-state index in [-0.39, 0.29) is 17.5 Å². The molecule has 6 nitrogen and oxygen atoms in total. The monoisotopic (exact) mass is 249 g/mol. The van der Waals surface area contributed by atoms with Crippen LogP contribution in [0, 0.1) is 16.0 Å². The van der Waals surface area contributed by atoms with Gasteiger partial charge in [-0.1, -0.05) is 0 Å². The summed E-state index contributed by atoms with van der Waals surface area (Å²) in [6.07, 6.45) is 1.73. The molecule has 1 unspecified atom stereocenters. The van der Waals surface area contributed by atoms with Crippen LogP contribution in [0.2, 0.25) is 0 Å². The van der Waals surface area contributed by atoms with E-state index in [0.29, 0.717) is 6.54 Å². The maximum Gasteiger partial charge on any atom is 0.269 e. The molecule has 0 aromatic heterocycles. The summed E-state index contributed by atoms with van der Waals surface area (Å²) in [4.78, 5) is 23.4. The third-order valence-corrected chi connectivity index (χ3v) is 3.25. The normalized spacial score (nSPS) is 19.6. The number of carbonyl (C=O) groups is 1. The maximum absolute atomic E-state index is 11.2. The molecule has 1 heterocycles. The van der Waals surface area contributed by atoms with Gasteiger partial charge in [-0.05, 0) is 25.0 Å². The number of carbonyl (C=O) groups excluding carboxylic acids is 1. The number of hydrogen-bond donors (Lipinski definition) is 1. The summed E-state index contributed by atoms with van der Waals surface area (Å²) in [6.45, 7) is 1.44. The van der Waals surface area contributed by atoms with Gasteiger partial charge in [-0.25, -0.2) is 0 Å². The number of nitro groups is 1. The fraction of sp³-hybridized carbons (Fsp3) is 0.417. The molecule has 6 heteroatoms. The van der Waals surface area contributed by atoms with E-state index in [4.69, 9.17) is 5.73 Å². The van der Waals surface area contributed by atoms with Gasteiger partial charge in [-0.15, -0.1) is 0 Å². The van der Waals surface area contributed by atoms with E-state index in [0.717, 1.165) is 25.1 Å². The van der Waals surface area contributed by atoms with Gasteiger partial charge < -0.3 is 10.6 Å². The number of piperidine rings is 1. The molecule has 18 heavy (non-hydrogen) atoms. The molecule has 0 saturated carbocycles. The topological polar surface area (TPSA) is 89.5 Å². The van der Waals surface area contributed by atoms with E-state index < -0.39 is 4.92 Å². The first-order valence-electron chi connectivity index (χ1n) is 5.86. The zero-order valence-electron chi connectivity index (χ0n) is 9.91. The molecular formula is C12H15N3O3. The number of rotatable bonds is 3. The molecule has 1 fully saturated rings. The second-order valence-corrected chi connectivity index (χ2v) is 4.46. The molecule has 2 rings (SSSR count). The van der Waals surface area contributed by atoms with Crippen molar-refractivity contribution < 1.29 is 9.72 Å². The lowest BCUT2D eigenvalue weighted by atomic mass is 9.97. The molecular weight excluding hydrogens is 234 g/mol. The molecule has 1 aliphatic heterocycles. The van der Waals surface area contributed by atoms with E-state index in [9.17, 15) is 14.9 Å². The average Bonchev–Trinajstić information content (AvgIpc) is 2.39. The number of primary amides is 1. The predicted molar refractivity (Wildman–Crippen MR) is 67.2 cm³/mol. The number of amides is 1. The van der Waals surface area contributed by atoms with Crippen molar-refractivity contribution >= 4 is 17.3 Å². The predicted octanol–water partition coefficient (Wildman–Crippen LogP) is 1.30. The maximum atomic E-state index is 11.2. The van der Waals surface area contributed by atoms with E-state index in [1.807, 2.05) is 4.90 Å². The molecule has 0 aliphatic carbocycles. The summed E-state index contributed by atoms with van der Waals surface area (Å²) in [7, 11) is 0. The van der Waals surface area contributed by atoms with Crippen LogP contribution in [-0.2, 0) is 4.79 Å². The number of benzene rings is 1. The molecule has 1 aromatic rings. The highest BCUT2D eigenvalue weighted by atomic mass is 16.6. The van der Waals surface area contributed by atoms with Crippen LogP contribution in [0.4, 0.5) is 11.4 Å². The van der Waals surface area contributed by atoms with Crippen molar-refractivity contribution in [2.45, 2.75) is 12.8 Å². The molecule has 1 saturated heterocycles. The summed E-state index contributed by atoms with van der Waals surface area (Å²) in [5, 5.41) is 10.6. The Labute approximate surface area is 105 Å². The molecule has 0 radical (unpaired) electrons. The quantitative estimate of drug-likeness (QED) is 0.645. The van der Waals surface area contributed by atoms with Gasteiger partial charge in [0.05, 0.1) is 10.8 Å². The van der Waals surface area contributed by atoms with Crippen molar-refractivity contribution in [3.63, 3.8) is 0 Å². The number of hydrogen-bond acceptors (Lipinski definition) is 4. The van der Waals surface area contributed by atoms with Gasteiger partial charge in [0.1, 0.15) is 0 Å². The van der Waals surface area contributed by atoms with Gasteiger partial charge >= 0.3 is 0 Å². The lowest BCUT2D eigenvalue weighted by Crippen LogP contribution is -2.41. The minimum atomic E-state index is -0.424. The average molecular weight is 249 g/mol. The molecule has 1 atom stereocenters. The number of non-ortho nitro benzene ring substituents is 1. The van der Waals surface area contributed by atoms with E-state index in [2.05, 4.69) is 0 Å². The fourth-order valence-corrected chi connectivity index (χ4v) is 2.23. The van der Waals surface area contributed by atoms with Gasteiger partial charge in [0, 0.05) is 30.9 Å². The number of anilines is 1. The Morgan fingerprint density at radius 3 is 2.61 bits per heavy atom. The first-order valence-corrected chi connectivity index (χ1v) is 5.86. The lowest BCUT2D eigenvalue weighted by molar-refractivity contribution is -0.384.